The van der Waals surface area contributed by atoms with E-state index in [1.807, 2.05) is 36.4 Å². The Labute approximate surface area is 178 Å². The van der Waals surface area contributed by atoms with Gasteiger partial charge >= 0.3 is 6.18 Å². The summed E-state index contributed by atoms with van der Waals surface area (Å²) in [5, 5.41) is 13.4. The van der Waals surface area contributed by atoms with Crippen molar-refractivity contribution >= 4 is 34.1 Å². The first-order chi connectivity index (χ1) is 14.9. The number of amides is 1. The van der Waals surface area contributed by atoms with E-state index in [9.17, 15) is 18.0 Å². The van der Waals surface area contributed by atoms with E-state index in [1.54, 1.807) is 0 Å². The molecular weight excluding hydrogens is 425 g/mol. The van der Waals surface area contributed by atoms with Crippen molar-refractivity contribution in [1.82, 2.24) is 15.2 Å². The van der Waals surface area contributed by atoms with E-state index < -0.39 is 17.6 Å². The van der Waals surface area contributed by atoms with Crippen LogP contribution in [0.5, 0.6) is 0 Å². The molecule has 31 heavy (non-hydrogen) atoms. The van der Waals surface area contributed by atoms with Crippen LogP contribution in [0.15, 0.2) is 65.8 Å². The molecule has 1 aliphatic carbocycles. The minimum atomic E-state index is -4.47. The van der Waals surface area contributed by atoms with Crippen molar-refractivity contribution in [3.8, 4) is 22.5 Å². The minimum absolute atomic E-state index is 0.0616. The van der Waals surface area contributed by atoms with Gasteiger partial charge in [-0.3, -0.25) is 4.79 Å². The topological polar surface area (TPSA) is 67.8 Å². The van der Waals surface area contributed by atoms with Crippen LogP contribution in [-0.4, -0.2) is 26.8 Å². The number of rotatable bonds is 4. The van der Waals surface area contributed by atoms with Crippen LogP contribution in [0, 0.1) is 0 Å². The lowest BCUT2D eigenvalue weighted by molar-refractivity contribution is -0.137. The number of carbonyl (C=O) groups is 1. The number of anilines is 1. The highest BCUT2D eigenvalue weighted by Gasteiger charge is 2.30. The second-order valence-corrected chi connectivity index (χ2v) is 7.86. The minimum Gasteiger partial charge on any atom is -0.325 e. The molecule has 5 nitrogen and oxygen atoms in total. The number of nitrogens with one attached hydrogen (secondary N) is 1. The molecule has 1 aliphatic rings. The Hall–Kier alpha value is -3.46. The van der Waals surface area contributed by atoms with Crippen LogP contribution in [0.2, 0.25) is 0 Å². The molecule has 0 aliphatic heterocycles. The number of aromatic nitrogens is 3. The largest absolute Gasteiger partial charge is 0.416 e. The number of halogens is 3. The normalized spacial score (nSPS) is 12.1. The molecular formula is C22H13F3N4OS. The van der Waals surface area contributed by atoms with E-state index in [1.165, 1.54) is 12.1 Å². The first-order valence-electron chi connectivity index (χ1n) is 9.27. The van der Waals surface area contributed by atoms with Crippen molar-refractivity contribution in [3.63, 3.8) is 0 Å². The van der Waals surface area contributed by atoms with E-state index in [0.717, 1.165) is 45.8 Å². The summed E-state index contributed by atoms with van der Waals surface area (Å²) in [6.07, 6.45) is -4.47. The summed E-state index contributed by atoms with van der Waals surface area (Å²) >= 11 is 1.07. The summed E-state index contributed by atoms with van der Waals surface area (Å²) in [7, 11) is 0. The van der Waals surface area contributed by atoms with Gasteiger partial charge in [-0.25, -0.2) is 4.98 Å². The van der Waals surface area contributed by atoms with E-state index in [4.69, 9.17) is 0 Å². The number of hydrogen-bond donors (Lipinski definition) is 1. The molecule has 0 saturated heterocycles. The second-order valence-electron chi connectivity index (χ2n) is 6.92. The van der Waals surface area contributed by atoms with Crippen LogP contribution in [0.25, 0.3) is 33.3 Å². The lowest BCUT2D eigenvalue weighted by Gasteiger charge is -2.09. The van der Waals surface area contributed by atoms with Gasteiger partial charge in [-0.1, -0.05) is 54.2 Å². The molecule has 0 fully saturated rings. The van der Waals surface area contributed by atoms with Crippen LogP contribution in [0.3, 0.4) is 0 Å². The number of alkyl halides is 3. The quantitative estimate of drug-likeness (QED) is 0.380. The van der Waals surface area contributed by atoms with Crippen molar-refractivity contribution in [2.45, 2.75) is 11.3 Å². The summed E-state index contributed by atoms with van der Waals surface area (Å²) in [6, 6.07) is 16.4. The Morgan fingerprint density at radius 1 is 0.935 bits per heavy atom. The number of fused-ring (bicyclic) bond motifs is 3. The van der Waals surface area contributed by atoms with Gasteiger partial charge in [-0.05, 0) is 23.6 Å². The lowest BCUT2D eigenvalue weighted by Crippen LogP contribution is -2.15. The maximum absolute atomic E-state index is 12.8. The summed E-state index contributed by atoms with van der Waals surface area (Å²) < 4.78 is 38.5. The van der Waals surface area contributed by atoms with Crippen LogP contribution in [0.1, 0.15) is 5.56 Å². The Kier molecular flexibility index (Phi) is 4.62. The zero-order valence-corrected chi connectivity index (χ0v) is 16.6. The van der Waals surface area contributed by atoms with Gasteiger partial charge in [0.05, 0.1) is 11.3 Å². The van der Waals surface area contributed by atoms with Crippen molar-refractivity contribution in [1.29, 1.82) is 0 Å². The van der Waals surface area contributed by atoms with E-state index in [-0.39, 0.29) is 11.4 Å². The molecule has 1 N–H and O–H groups in total. The molecule has 154 valence electrons. The van der Waals surface area contributed by atoms with E-state index >= 15 is 0 Å². The van der Waals surface area contributed by atoms with Crippen LogP contribution in [0.4, 0.5) is 18.9 Å². The molecule has 0 spiro atoms. The van der Waals surface area contributed by atoms with Crippen molar-refractivity contribution < 1.29 is 18.0 Å². The smallest absolute Gasteiger partial charge is 0.325 e. The third kappa shape index (κ3) is 3.61. The molecule has 4 aromatic rings. The SMILES string of the molecule is O=C(CSc1nnc2c(n1)-c1cccc3cccc-2c13)Nc1cccc(C(F)(F)F)c1. The number of nitrogens with zero attached hydrogens (tertiary/aromatic N) is 3. The molecule has 9 heteroatoms. The van der Waals surface area contributed by atoms with Gasteiger partial charge in [0.25, 0.3) is 0 Å². The fourth-order valence-electron chi connectivity index (χ4n) is 3.58. The van der Waals surface area contributed by atoms with Crippen molar-refractivity contribution in [2.24, 2.45) is 0 Å². The molecule has 5 rings (SSSR count). The van der Waals surface area contributed by atoms with Gasteiger partial charge in [0.1, 0.15) is 11.4 Å². The Morgan fingerprint density at radius 3 is 2.39 bits per heavy atom. The molecule has 0 unspecified atom stereocenters. The van der Waals surface area contributed by atoms with E-state index in [0.29, 0.717) is 16.5 Å². The molecule has 1 amide bonds. The highest BCUT2D eigenvalue weighted by atomic mass is 32.2. The average molecular weight is 438 g/mol. The first kappa shape index (κ1) is 19.5. The molecule has 1 aromatic heterocycles. The standard InChI is InChI=1S/C22H13F3N4OS/c23-22(24,25)13-6-3-7-14(10-13)26-17(30)11-31-21-27-19-15-8-1-4-12-5-2-9-16(18(12)15)20(19)28-29-21/h1-10H,11H2,(H,26,30). The van der Waals surface area contributed by atoms with Crippen LogP contribution in [-0.2, 0) is 11.0 Å². The van der Waals surface area contributed by atoms with Crippen molar-refractivity contribution in [3.05, 3.63) is 66.2 Å². The predicted molar refractivity (Wildman–Crippen MR) is 113 cm³/mol. The number of thioether (sulfide) groups is 1. The first-order valence-corrected chi connectivity index (χ1v) is 10.3. The molecule has 0 saturated carbocycles. The Morgan fingerprint density at radius 2 is 1.65 bits per heavy atom. The Bertz CT molecular complexity index is 1330. The second kappa shape index (κ2) is 7.35. The fourth-order valence-corrected chi connectivity index (χ4v) is 4.16. The number of benzene rings is 3. The summed E-state index contributed by atoms with van der Waals surface area (Å²) in [4.78, 5) is 16.8. The number of carbonyl (C=O) groups excluding carboxylic acids is 1. The maximum Gasteiger partial charge on any atom is 0.416 e. The zero-order valence-electron chi connectivity index (χ0n) is 15.8. The molecule has 0 radical (unpaired) electrons. The highest BCUT2D eigenvalue weighted by Crippen LogP contribution is 2.44. The predicted octanol–water partition coefficient (Wildman–Crippen LogP) is 5.42. The van der Waals surface area contributed by atoms with Crippen molar-refractivity contribution in [2.75, 3.05) is 11.1 Å². The zero-order chi connectivity index (χ0) is 21.6. The van der Waals surface area contributed by atoms with Gasteiger partial charge in [0.2, 0.25) is 11.1 Å². The third-order valence-electron chi connectivity index (χ3n) is 4.89. The lowest BCUT2D eigenvalue weighted by atomic mass is 10.0. The van der Waals surface area contributed by atoms with Gasteiger partial charge in [-0.15, -0.1) is 10.2 Å². The van der Waals surface area contributed by atoms with Gasteiger partial charge in [-0.2, -0.15) is 13.2 Å². The van der Waals surface area contributed by atoms with Crippen LogP contribution >= 0.6 is 11.8 Å². The molecule has 1 heterocycles. The summed E-state index contributed by atoms with van der Waals surface area (Å²) in [5.74, 6) is -0.521. The van der Waals surface area contributed by atoms with Crippen LogP contribution < -0.4 is 5.32 Å². The Balaban J connectivity index is 1.32. The van der Waals surface area contributed by atoms with Gasteiger partial charge in [0.15, 0.2) is 0 Å². The summed E-state index contributed by atoms with van der Waals surface area (Å²) in [5.41, 5.74) is 2.61. The average Bonchev–Trinajstić information content (AvgIpc) is 3.07. The van der Waals surface area contributed by atoms with Gasteiger partial charge < -0.3 is 5.32 Å². The van der Waals surface area contributed by atoms with E-state index in [2.05, 4.69) is 20.5 Å². The third-order valence-corrected chi connectivity index (χ3v) is 5.73. The van der Waals surface area contributed by atoms with Gasteiger partial charge in [0, 0.05) is 22.2 Å². The highest BCUT2D eigenvalue weighted by molar-refractivity contribution is 7.99. The molecule has 0 bridgehead atoms. The summed E-state index contributed by atoms with van der Waals surface area (Å²) in [6.45, 7) is 0. The maximum atomic E-state index is 12.8. The monoisotopic (exact) mass is 438 g/mol. The molecule has 0 atom stereocenters. The molecule has 3 aromatic carbocycles. The number of hydrogen-bond acceptors (Lipinski definition) is 5. The fraction of sp³-hybridized carbons (Fsp3) is 0.0909.